The van der Waals surface area contributed by atoms with Gasteiger partial charge in [0.05, 0.1) is 19.3 Å². The van der Waals surface area contributed by atoms with Gasteiger partial charge in [-0.1, -0.05) is 39.0 Å². The summed E-state index contributed by atoms with van der Waals surface area (Å²) in [6.45, 7) is 2.25. The Bertz CT molecular complexity index is 178. The van der Waals surface area contributed by atoms with Crippen LogP contribution in [-0.2, 0) is 4.79 Å². The molecule has 2 heteroatoms. The van der Waals surface area contributed by atoms with E-state index < -0.39 is 5.97 Å². The average molecular weight is 255 g/mol. The van der Waals surface area contributed by atoms with Gasteiger partial charge in [-0.05, 0) is 32.1 Å². The van der Waals surface area contributed by atoms with E-state index in [4.69, 9.17) is 5.11 Å². The summed E-state index contributed by atoms with van der Waals surface area (Å²) in [6.07, 6.45) is 17.8. The van der Waals surface area contributed by atoms with E-state index in [1.54, 1.807) is 0 Å². The predicted molar refractivity (Wildman–Crippen MR) is 77.6 cm³/mol. The molecule has 0 saturated heterocycles. The molecule has 1 N–H and O–H groups in total. The van der Waals surface area contributed by atoms with E-state index in [2.05, 4.69) is 13.3 Å². The molecule has 0 unspecified atom stereocenters. The SMILES string of the molecule is CCCCCCCC[CH+]CCCCCCC(=O)O. The van der Waals surface area contributed by atoms with Crippen LogP contribution in [0.1, 0.15) is 90.4 Å². The van der Waals surface area contributed by atoms with Gasteiger partial charge in [0.25, 0.3) is 0 Å². The molecular weight excluding hydrogens is 224 g/mol. The Balaban J connectivity index is 2.92. The topological polar surface area (TPSA) is 37.3 Å². The van der Waals surface area contributed by atoms with E-state index in [0.29, 0.717) is 6.42 Å². The molecule has 0 aliphatic rings. The minimum Gasteiger partial charge on any atom is -0.481 e. The molecule has 0 saturated carbocycles. The molecular formula is C16H31O2+. The number of carboxylic acids is 1. The van der Waals surface area contributed by atoms with E-state index in [1.807, 2.05) is 0 Å². The summed E-state index contributed by atoms with van der Waals surface area (Å²) in [5, 5.41) is 8.48. The van der Waals surface area contributed by atoms with Crippen LogP contribution in [0.4, 0.5) is 0 Å². The van der Waals surface area contributed by atoms with Crippen molar-refractivity contribution < 1.29 is 9.90 Å². The summed E-state index contributed by atoms with van der Waals surface area (Å²) < 4.78 is 0. The quantitative estimate of drug-likeness (QED) is 0.335. The van der Waals surface area contributed by atoms with Crippen LogP contribution >= 0.6 is 0 Å². The number of aliphatic carboxylic acids is 1. The smallest absolute Gasteiger partial charge is 0.303 e. The van der Waals surface area contributed by atoms with Crippen molar-refractivity contribution in [3.8, 4) is 0 Å². The first-order chi connectivity index (χ1) is 8.77. The van der Waals surface area contributed by atoms with E-state index in [0.717, 1.165) is 12.8 Å². The third-order valence-electron chi connectivity index (χ3n) is 3.31. The van der Waals surface area contributed by atoms with Crippen LogP contribution in [0, 0.1) is 6.42 Å². The van der Waals surface area contributed by atoms with Crippen LogP contribution < -0.4 is 0 Å². The maximum absolute atomic E-state index is 10.3. The maximum atomic E-state index is 10.3. The van der Waals surface area contributed by atoms with E-state index in [9.17, 15) is 4.79 Å². The highest BCUT2D eigenvalue weighted by atomic mass is 16.4. The van der Waals surface area contributed by atoms with Gasteiger partial charge < -0.3 is 5.11 Å². The molecule has 0 bridgehead atoms. The van der Waals surface area contributed by atoms with Crippen LogP contribution in [0.3, 0.4) is 0 Å². The summed E-state index contributed by atoms with van der Waals surface area (Å²) in [6, 6.07) is 0. The lowest BCUT2D eigenvalue weighted by Gasteiger charge is -1.98. The fourth-order valence-electron chi connectivity index (χ4n) is 2.13. The van der Waals surface area contributed by atoms with Crippen LogP contribution in [0.5, 0.6) is 0 Å². The zero-order valence-corrected chi connectivity index (χ0v) is 12.1. The van der Waals surface area contributed by atoms with E-state index >= 15 is 0 Å². The zero-order valence-electron chi connectivity index (χ0n) is 12.1. The molecule has 0 radical (unpaired) electrons. The first kappa shape index (κ1) is 17.3. The second kappa shape index (κ2) is 14.4. The van der Waals surface area contributed by atoms with Gasteiger partial charge in [-0.25, -0.2) is 0 Å². The lowest BCUT2D eigenvalue weighted by atomic mass is 10.0. The van der Waals surface area contributed by atoms with Crippen LogP contribution in [0.15, 0.2) is 0 Å². The van der Waals surface area contributed by atoms with Crippen molar-refractivity contribution in [2.45, 2.75) is 90.4 Å². The van der Waals surface area contributed by atoms with Crippen molar-refractivity contribution in [2.24, 2.45) is 0 Å². The van der Waals surface area contributed by atoms with Crippen molar-refractivity contribution >= 4 is 5.97 Å². The summed E-state index contributed by atoms with van der Waals surface area (Å²) >= 11 is 0. The second-order valence-corrected chi connectivity index (χ2v) is 5.19. The fraction of sp³-hybridized carbons (Fsp3) is 0.875. The second-order valence-electron chi connectivity index (χ2n) is 5.19. The molecule has 0 fully saturated rings. The average Bonchev–Trinajstić information content (AvgIpc) is 2.34. The van der Waals surface area contributed by atoms with Gasteiger partial charge in [0.1, 0.15) is 0 Å². The van der Waals surface area contributed by atoms with Gasteiger partial charge in [-0.15, -0.1) is 0 Å². The Hall–Kier alpha value is -0.660. The first-order valence-electron chi connectivity index (χ1n) is 7.80. The molecule has 0 rings (SSSR count). The number of carbonyl (C=O) groups is 1. The Morgan fingerprint density at radius 3 is 1.89 bits per heavy atom. The van der Waals surface area contributed by atoms with Crippen LogP contribution in [-0.4, -0.2) is 11.1 Å². The molecule has 0 aromatic rings. The lowest BCUT2D eigenvalue weighted by Crippen LogP contribution is -1.93. The van der Waals surface area contributed by atoms with E-state index in [1.165, 1.54) is 64.2 Å². The monoisotopic (exact) mass is 255 g/mol. The highest BCUT2D eigenvalue weighted by Crippen LogP contribution is 2.12. The number of carboxylic acid groups (broad SMARTS) is 1. The van der Waals surface area contributed by atoms with Crippen LogP contribution in [0.2, 0.25) is 0 Å². The van der Waals surface area contributed by atoms with Gasteiger partial charge in [0.15, 0.2) is 0 Å². The maximum Gasteiger partial charge on any atom is 0.303 e. The first-order valence-corrected chi connectivity index (χ1v) is 7.80. The Morgan fingerprint density at radius 2 is 1.33 bits per heavy atom. The van der Waals surface area contributed by atoms with Crippen molar-refractivity contribution in [1.29, 1.82) is 0 Å². The largest absolute Gasteiger partial charge is 0.481 e. The highest BCUT2D eigenvalue weighted by Gasteiger charge is 2.00. The Kier molecular flexibility index (Phi) is 13.9. The minimum atomic E-state index is -0.662. The van der Waals surface area contributed by atoms with E-state index in [-0.39, 0.29) is 0 Å². The molecule has 0 aromatic carbocycles. The molecule has 18 heavy (non-hydrogen) atoms. The summed E-state index contributed by atoms with van der Waals surface area (Å²) in [4.78, 5) is 10.3. The molecule has 106 valence electrons. The zero-order chi connectivity index (χ0) is 13.5. The number of hydrogen-bond acceptors (Lipinski definition) is 1. The highest BCUT2D eigenvalue weighted by molar-refractivity contribution is 5.66. The molecule has 0 aliphatic heterocycles. The standard InChI is InChI=1S/C16H30O2/c1-2-3-4-5-6-7-8-9-10-11-12-13-14-15-16(17)18/h9H,2-8,10-15H2,1H3/p+1. The van der Waals surface area contributed by atoms with Gasteiger partial charge in [-0.3, -0.25) is 4.79 Å². The molecule has 2 nitrogen and oxygen atoms in total. The van der Waals surface area contributed by atoms with Crippen molar-refractivity contribution in [3.63, 3.8) is 0 Å². The number of hydrogen-bond donors (Lipinski definition) is 1. The molecule has 0 heterocycles. The fourth-order valence-corrected chi connectivity index (χ4v) is 2.13. The molecule has 0 aliphatic carbocycles. The number of unbranched alkanes of at least 4 members (excludes halogenated alkanes) is 12. The molecule has 0 atom stereocenters. The lowest BCUT2D eigenvalue weighted by molar-refractivity contribution is -0.137. The third kappa shape index (κ3) is 15.3. The Morgan fingerprint density at radius 1 is 0.833 bits per heavy atom. The Labute approximate surface area is 113 Å². The van der Waals surface area contributed by atoms with Gasteiger partial charge in [0, 0.05) is 6.42 Å². The van der Waals surface area contributed by atoms with Crippen molar-refractivity contribution in [2.75, 3.05) is 0 Å². The third-order valence-corrected chi connectivity index (χ3v) is 3.31. The van der Waals surface area contributed by atoms with Crippen LogP contribution in [0.25, 0.3) is 0 Å². The van der Waals surface area contributed by atoms with Crippen molar-refractivity contribution in [1.82, 2.24) is 0 Å². The van der Waals surface area contributed by atoms with Gasteiger partial charge >= 0.3 is 5.97 Å². The molecule has 0 amide bonds. The predicted octanol–water partition coefficient (Wildman–Crippen LogP) is 5.37. The van der Waals surface area contributed by atoms with Gasteiger partial charge in [0.2, 0.25) is 0 Å². The summed E-state index contributed by atoms with van der Waals surface area (Å²) in [5.41, 5.74) is 0. The molecule has 0 spiro atoms. The number of rotatable bonds is 14. The minimum absolute atomic E-state index is 0.335. The molecule has 0 aromatic heterocycles. The summed E-state index contributed by atoms with van der Waals surface area (Å²) in [5.74, 6) is -0.662. The van der Waals surface area contributed by atoms with Crippen molar-refractivity contribution in [3.05, 3.63) is 6.42 Å². The van der Waals surface area contributed by atoms with Gasteiger partial charge in [-0.2, -0.15) is 0 Å². The summed E-state index contributed by atoms with van der Waals surface area (Å²) in [7, 11) is 0. The normalized spacial score (nSPS) is 10.5.